The summed E-state index contributed by atoms with van der Waals surface area (Å²) in [5.74, 6) is 2.40. The molecule has 196 valence electrons. The van der Waals surface area contributed by atoms with Gasteiger partial charge < -0.3 is 24.2 Å². The van der Waals surface area contributed by atoms with E-state index in [1.54, 1.807) is 32.2 Å². The highest BCUT2D eigenvalue weighted by Crippen LogP contribution is 2.28. The summed E-state index contributed by atoms with van der Waals surface area (Å²) in [6.45, 7) is 6.46. The van der Waals surface area contributed by atoms with Crippen molar-refractivity contribution in [3.05, 3.63) is 35.0 Å². The number of benzene rings is 1. The van der Waals surface area contributed by atoms with Crippen molar-refractivity contribution >= 4 is 41.0 Å². The lowest BCUT2D eigenvalue weighted by atomic mass is 10.1. The molecule has 2 amide bonds. The third-order valence-corrected chi connectivity index (χ3v) is 7.20. The molecule has 0 saturated carbocycles. The van der Waals surface area contributed by atoms with Gasteiger partial charge >= 0.3 is 0 Å². The lowest BCUT2D eigenvalue weighted by molar-refractivity contribution is -0.133. The van der Waals surface area contributed by atoms with E-state index in [4.69, 9.17) is 21.1 Å². The van der Waals surface area contributed by atoms with Crippen molar-refractivity contribution in [2.24, 2.45) is 0 Å². The molecule has 3 rings (SSSR count). The fraction of sp³-hybridized carbons (Fsp3) is 0.520. The fourth-order valence-electron chi connectivity index (χ4n) is 4.05. The zero-order valence-corrected chi connectivity index (χ0v) is 23.1. The number of hydrogen-bond donors (Lipinski definition) is 0. The van der Waals surface area contributed by atoms with Gasteiger partial charge in [0.15, 0.2) is 16.7 Å². The minimum atomic E-state index is -0.0223. The molecule has 0 bridgehead atoms. The predicted molar refractivity (Wildman–Crippen MR) is 142 cm³/mol. The Kier molecular flexibility index (Phi) is 10.1. The molecule has 36 heavy (non-hydrogen) atoms. The van der Waals surface area contributed by atoms with E-state index < -0.39 is 0 Å². The minimum Gasteiger partial charge on any atom is -0.493 e. The van der Waals surface area contributed by atoms with Crippen LogP contribution in [0, 0.1) is 0 Å². The van der Waals surface area contributed by atoms with Crippen LogP contribution >= 0.6 is 23.4 Å². The van der Waals surface area contributed by atoms with Crippen LogP contribution in [0.2, 0.25) is 5.15 Å². The first kappa shape index (κ1) is 27.9. The summed E-state index contributed by atoms with van der Waals surface area (Å²) in [7, 11) is 4.99. The lowest BCUT2D eigenvalue weighted by Crippen LogP contribution is -2.54. The van der Waals surface area contributed by atoms with Crippen molar-refractivity contribution in [3.63, 3.8) is 0 Å². The number of carbonyl (C=O) groups excluding carboxylic acids is 2. The van der Waals surface area contributed by atoms with Gasteiger partial charge in [-0.05, 0) is 31.0 Å². The minimum absolute atomic E-state index is 0.0223. The molecule has 11 heteroatoms. The van der Waals surface area contributed by atoms with Gasteiger partial charge in [-0.2, -0.15) is 0 Å². The average Bonchev–Trinajstić information content (AvgIpc) is 2.89. The number of ether oxygens (including phenoxy) is 2. The molecule has 1 aromatic heterocycles. The maximum atomic E-state index is 12.7. The molecular formula is C25H34ClN5O4S. The average molecular weight is 536 g/mol. The Morgan fingerprint density at radius 3 is 2.58 bits per heavy atom. The van der Waals surface area contributed by atoms with Gasteiger partial charge in [0.1, 0.15) is 11.0 Å². The molecule has 2 aromatic rings. The van der Waals surface area contributed by atoms with Gasteiger partial charge in [-0.15, -0.1) is 0 Å². The van der Waals surface area contributed by atoms with E-state index in [1.165, 1.54) is 11.8 Å². The molecule has 9 nitrogen and oxygen atoms in total. The first-order chi connectivity index (χ1) is 17.2. The highest BCUT2D eigenvalue weighted by Gasteiger charge is 2.27. The normalized spacial score (nSPS) is 15.6. The molecule has 1 aliphatic heterocycles. The third-order valence-electron chi connectivity index (χ3n) is 6.17. The number of thioether (sulfide) groups is 1. The lowest BCUT2D eigenvalue weighted by Gasteiger charge is -2.40. The predicted octanol–water partition coefficient (Wildman–Crippen LogP) is 3.39. The van der Waals surface area contributed by atoms with Crippen molar-refractivity contribution in [1.82, 2.24) is 19.8 Å². The van der Waals surface area contributed by atoms with Crippen LogP contribution in [-0.4, -0.2) is 90.8 Å². The van der Waals surface area contributed by atoms with Crippen LogP contribution in [0.5, 0.6) is 11.5 Å². The zero-order chi connectivity index (χ0) is 26.2. The molecular weight excluding hydrogens is 502 g/mol. The van der Waals surface area contributed by atoms with Gasteiger partial charge in [0.2, 0.25) is 11.8 Å². The van der Waals surface area contributed by atoms with E-state index in [0.29, 0.717) is 66.6 Å². The molecule has 1 unspecified atom stereocenters. The Morgan fingerprint density at radius 1 is 1.17 bits per heavy atom. The van der Waals surface area contributed by atoms with E-state index in [1.807, 2.05) is 36.9 Å². The summed E-state index contributed by atoms with van der Waals surface area (Å²) in [5, 5.41) is 0.787. The van der Waals surface area contributed by atoms with Crippen LogP contribution in [0.3, 0.4) is 0 Å². The highest BCUT2D eigenvalue weighted by atomic mass is 35.5. The Morgan fingerprint density at radius 2 is 1.92 bits per heavy atom. The van der Waals surface area contributed by atoms with Gasteiger partial charge in [0, 0.05) is 51.8 Å². The summed E-state index contributed by atoms with van der Waals surface area (Å²) in [5.41, 5.74) is 1.05. The Hall–Kier alpha value is -2.72. The first-order valence-corrected chi connectivity index (χ1v) is 13.3. The van der Waals surface area contributed by atoms with E-state index in [2.05, 4.69) is 14.9 Å². The van der Waals surface area contributed by atoms with Gasteiger partial charge in [-0.25, -0.2) is 9.97 Å². The van der Waals surface area contributed by atoms with E-state index in [-0.39, 0.29) is 23.6 Å². The third kappa shape index (κ3) is 7.16. The Balaban J connectivity index is 1.55. The van der Waals surface area contributed by atoms with Crippen molar-refractivity contribution in [1.29, 1.82) is 0 Å². The number of aromatic nitrogens is 2. The number of piperazine rings is 1. The second kappa shape index (κ2) is 13.0. The second-order valence-electron chi connectivity index (χ2n) is 8.61. The summed E-state index contributed by atoms with van der Waals surface area (Å²) < 4.78 is 10.6. The molecule has 2 heterocycles. The molecule has 1 aromatic carbocycles. The number of likely N-dealkylation sites (N-methyl/N-ethyl adjacent to an activating group) is 1. The molecule has 0 radical (unpaired) electrons. The smallest absolute Gasteiger partial charge is 0.232 e. The molecule has 1 aliphatic rings. The van der Waals surface area contributed by atoms with E-state index >= 15 is 0 Å². The van der Waals surface area contributed by atoms with Crippen LogP contribution in [0.25, 0.3) is 0 Å². The van der Waals surface area contributed by atoms with Crippen LogP contribution in [-0.2, 0) is 16.0 Å². The van der Waals surface area contributed by atoms with Gasteiger partial charge in [0.05, 0.1) is 20.0 Å². The van der Waals surface area contributed by atoms with Gasteiger partial charge in [0.25, 0.3) is 0 Å². The molecule has 1 atom stereocenters. The van der Waals surface area contributed by atoms with Crippen molar-refractivity contribution in [2.45, 2.75) is 37.9 Å². The van der Waals surface area contributed by atoms with Crippen LogP contribution < -0.4 is 14.4 Å². The maximum Gasteiger partial charge on any atom is 0.232 e. The van der Waals surface area contributed by atoms with E-state index in [0.717, 1.165) is 5.56 Å². The summed E-state index contributed by atoms with van der Waals surface area (Å²) in [6.07, 6.45) is 1.19. The number of anilines is 1. The molecule has 1 fully saturated rings. The van der Waals surface area contributed by atoms with Crippen molar-refractivity contribution < 1.29 is 19.1 Å². The number of halogens is 1. The number of nitrogens with zero attached hydrogens (tertiary/aromatic N) is 5. The topological polar surface area (TPSA) is 88.1 Å². The number of rotatable bonds is 10. The SMILES string of the molecule is CCC(=O)N1CCN(c2cc(Cl)nc(SCC(=O)N(C)CCc3ccc(OC)c(OC)c3)n2)CC1C. The molecule has 0 aliphatic carbocycles. The van der Waals surface area contributed by atoms with Crippen molar-refractivity contribution in [3.8, 4) is 11.5 Å². The quantitative estimate of drug-likeness (QED) is 0.260. The van der Waals surface area contributed by atoms with Gasteiger partial charge in [-0.3, -0.25) is 9.59 Å². The summed E-state index contributed by atoms with van der Waals surface area (Å²) >= 11 is 7.54. The number of amides is 2. The monoisotopic (exact) mass is 535 g/mol. The summed E-state index contributed by atoms with van der Waals surface area (Å²) in [4.78, 5) is 39.5. The fourth-order valence-corrected chi connectivity index (χ4v) is 5.07. The molecule has 0 N–H and O–H groups in total. The first-order valence-electron chi connectivity index (χ1n) is 11.9. The van der Waals surface area contributed by atoms with Crippen LogP contribution in [0.1, 0.15) is 25.8 Å². The number of carbonyl (C=O) groups is 2. The number of hydrogen-bond acceptors (Lipinski definition) is 8. The summed E-state index contributed by atoms with van der Waals surface area (Å²) in [6, 6.07) is 7.56. The largest absolute Gasteiger partial charge is 0.493 e. The van der Waals surface area contributed by atoms with Crippen LogP contribution in [0.4, 0.5) is 5.82 Å². The molecule has 1 saturated heterocycles. The van der Waals surface area contributed by atoms with Crippen molar-refractivity contribution in [2.75, 3.05) is 58.1 Å². The van der Waals surface area contributed by atoms with E-state index in [9.17, 15) is 9.59 Å². The zero-order valence-electron chi connectivity index (χ0n) is 21.5. The van der Waals surface area contributed by atoms with Crippen LogP contribution in [0.15, 0.2) is 29.4 Å². The van der Waals surface area contributed by atoms with Gasteiger partial charge in [-0.1, -0.05) is 36.4 Å². The number of methoxy groups -OCH3 is 2. The highest BCUT2D eigenvalue weighted by molar-refractivity contribution is 7.99. The Labute approximate surface area is 222 Å². The second-order valence-corrected chi connectivity index (χ2v) is 9.94. The maximum absolute atomic E-state index is 12.7. The standard InChI is InChI=1S/C25H34ClN5O4S/c1-6-23(32)31-12-11-30(15-17(31)2)22-14-21(26)27-25(28-22)36-16-24(33)29(3)10-9-18-7-8-19(34-4)20(13-18)35-5/h7-8,13-14,17H,6,9-12,15-16H2,1-5H3. The Bertz CT molecular complexity index is 1070. The molecule has 0 spiro atoms.